The number of carbonyl (C=O) groups is 2. The minimum Gasteiger partial charge on any atom is -0.458 e. The second kappa shape index (κ2) is 8.76. The fraction of sp³-hybridized carbons (Fsp3) is 0.368. The van der Waals surface area contributed by atoms with Crippen LogP contribution in [0, 0.1) is 0 Å². The van der Waals surface area contributed by atoms with Crippen LogP contribution in [0.5, 0.6) is 6.01 Å². The molecule has 0 spiro atoms. The summed E-state index contributed by atoms with van der Waals surface area (Å²) in [5.74, 6) is -0.0436. The number of rotatable bonds is 6. The van der Waals surface area contributed by atoms with Crippen LogP contribution in [0.4, 0.5) is 0 Å². The topological polar surface area (TPSA) is 72.4 Å². The maximum Gasteiger partial charge on any atom is 0.316 e. The summed E-state index contributed by atoms with van der Waals surface area (Å²) < 4.78 is 5.74. The van der Waals surface area contributed by atoms with Crippen LogP contribution in [0.2, 0.25) is 5.02 Å². The van der Waals surface area contributed by atoms with Gasteiger partial charge in [0.05, 0.1) is 24.0 Å². The summed E-state index contributed by atoms with van der Waals surface area (Å²) in [6.07, 6.45) is 4.90. The van der Waals surface area contributed by atoms with Crippen molar-refractivity contribution in [3.05, 3.63) is 53.3 Å². The van der Waals surface area contributed by atoms with Crippen molar-refractivity contribution in [2.24, 2.45) is 0 Å². The second-order valence-electron chi connectivity index (χ2n) is 6.19. The molecule has 0 N–H and O–H groups in total. The van der Waals surface area contributed by atoms with Crippen molar-refractivity contribution in [1.82, 2.24) is 14.9 Å². The Morgan fingerprint density at radius 1 is 1.15 bits per heavy atom. The number of hydrogen-bond acceptors (Lipinski definition) is 5. The van der Waals surface area contributed by atoms with Crippen LogP contribution < -0.4 is 4.74 Å². The molecule has 1 aromatic heterocycles. The van der Waals surface area contributed by atoms with Crippen LogP contribution in [0.25, 0.3) is 0 Å². The number of piperidine rings is 1. The van der Waals surface area contributed by atoms with Gasteiger partial charge in [0.15, 0.2) is 5.78 Å². The fourth-order valence-corrected chi connectivity index (χ4v) is 3.02. The summed E-state index contributed by atoms with van der Waals surface area (Å²) in [5, 5.41) is 0.445. The molecule has 7 heteroatoms. The molecule has 2 heterocycles. The molecule has 0 bridgehead atoms. The number of halogens is 1. The minimum absolute atomic E-state index is 0.0154. The van der Waals surface area contributed by atoms with E-state index in [1.54, 1.807) is 17.0 Å². The van der Waals surface area contributed by atoms with Crippen LogP contribution >= 0.6 is 11.6 Å². The number of ether oxygens (including phenoxy) is 1. The predicted molar refractivity (Wildman–Crippen MR) is 97.3 cm³/mol. The molecule has 26 heavy (non-hydrogen) atoms. The Hall–Kier alpha value is -2.47. The van der Waals surface area contributed by atoms with Crippen molar-refractivity contribution in [3.63, 3.8) is 0 Å². The average Bonchev–Trinajstić information content (AvgIpc) is 2.68. The van der Waals surface area contributed by atoms with Gasteiger partial charge in [0.1, 0.15) is 6.10 Å². The number of likely N-dealkylation sites (tertiary alicyclic amines) is 1. The van der Waals surface area contributed by atoms with Gasteiger partial charge in [-0.2, -0.15) is 0 Å². The zero-order valence-corrected chi connectivity index (χ0v) is 15.1. The van der Waals surface area contributed by atoms with E-state index in [4.69, 9.17) is 16.3 Å². The number of carbonyl (C=O) groups excluding carboxylic acids is 2. The normalized spacial score (nSPS) is 17.0. The third-order valence-corrected chi connectivity index (χ3v) is 4.46. The van der Waals surface area contributed by atoms with Crippen molar-refractivity contribution >= 4 is 23.3 Å². The Balaban J connectivity index is 1.49. The highest BCUT2D eigenvalue weighted by molar-refractivity contribution is 6.30. The number of Topliss-reactive ketones (excluding diaryl/α,β-unsaturated/α-hetero) is 1. The highest BCUT2D eigenvalue weighted by Crippen LogP contribution is 2.17. The van der Waals surface area contributed by atoms with Crippen molar-refractivity contribution in [1.29, 1.82) is 0 Å². The molecular formula is C19H20ClN3O3. The van der Waals surface area contributed by atoms with Gasteiger partial charge in [-0.1, -0.05) is 41.9 Å². The smallest absolute Gasteiger partial charge is 0.316 e. The number of benzene rings is 1. The lowest BCUT2D eigenvalue weighted by molar-refractivity contribution is -0.133. The standard InChI is InChI=1S/C19H20ClN3O3/c20-15-11-21-19(22-12-15)26-16-7-4-10-23(13-16)18(25)9-8-17(24)14-5-2-1-3-6-14/h1-3,5-6,11-12,16H,4,7-10,13H2/t16-/m0/s1. The molecule has 1 amide bonds. The Bertz CT molecular complexity index is 752. The van der Waals surface area contributed by atoms with E-state index in [9.17, 15) is 9.59 Å². The summed E-state index contributed by atoms with van der Waals surface area (Å²) in [4.78, 5) is 34.4. The lowest BCUT2D eigenvalue weighted by atomic mass is 10.0. The molecule has 6 nitrogen and oxygen atoms in total. The van der Waals surface area contributed by atoms with Crippen LogP contribution in [0.1, 0.15) is 36.0 Å². The highest BCUT2D eigenvalue weighted by atomic mass is 35.5. The SMILES string of the molecule is O=C(CCC(=O)N1CCC[C@H](Oc2ncc(Cl)cn2)C1)c1ccccc1. The van der Waals surface area contributed by atoms with Crippen molar-refractivity contribution in [2.45, 2.75) is 31.8 Å². The summed E-state index contributed by atoms with van der Waals surface area (Å²) in [6.45, 7) is 1.16. The second-order valence-corrected chi connectivity index (χ2v) is 6.63. The van der Waals surface area contributed by atoms with Crippen molar-refractivity contribution in [3.8, 4) is 6.01 Å². The van der Waals surface area contributed by atoms with E-state index in [0.29, 0.717) is 23.7 Å². The Labute approximate surface area is 157 Å². The lowest BCUT2D eigenvalue weighted by Gasteiger charge is -2.32. The van der Waals surface area contributed by atoms with Crippen LogP contribution in [0.15, 0.2) is 42.7 Å². The molecular weight excluding hydrogens is 354 g/mol. The van der Waals surface area contributed by atoms with E-state index >= 15 is 0 Å². The molecule has 1 saturated heterocycles. The van der Waals surface area contributed by atoms with Gasteiger partial charge >= 0.3 is 6.01 Å². The summed E-state index contributed by atoms with van der Waals surface area (Å²) in [7, 11) is 0. The third-order valence-electron chi connectivity index (χ3n) is 4.26. The molecule has 3 rings (SSSR count). The highest BCUT2D eigenvalue weighted by Gasteiger charge is 2.25. The fourth-order valence-electron chi connectivity index (χ4n) is 2.92. The molecule has 0 unspecified atom stereocenters. The van der Waals surface area contributed by atoms with E-state index in [-0.39, 0.29) is 36.6 Å². The van der Waals surface area contributed by atoms with Gasteiger partial charge in [0.2, 0.25) is 5.91 Å². The number of amides is 1. The number of nitrogens with zero attached hydrogens (tertiary/aromatic N) is 3. The van der Waals surface area contributed by atoms with Gasteiger partial charge in [-0.15, -0.1) is 0 Å². The van der Waals surface area contributed by atoms with Crippen molar-refractivity contribution in [2.75, 3.05) is 13.1 Å². The predicted octanol–water partition coefficient (Wildman–Crippen LogP) is 3.16. The summed E-state index contributed by atoms with van der Waals surface area (Å²) in [5.41, 5.74) is 0.639. The molecule has 1 aliphatic rings. The zero-order valence-electron chi connectivity index (χ0n) is 14.3. The average molecular weight is 374 g/mol. The van der Waals surface area contributed by atoms with Crippen LogP contribution in [0.3, 0.4) is 0 Å². The van der Waals surface area contributed by atoms with E-state index in [0.717, 1.165) is 12.8 Å². The first-order valence-corrected chi connectivity index (χ1v) is 9.00. The number of ketones is 1. The molecule has 136 valence electrons. The monoisotopic (exact) mass is 373 g/mol. The van der Waals surface area contributed by atoms with Crippen molar-refractivity contribution < 1.29 is 14.3 Å². The minimum atomic E-state index is -0.154. The number of aromatic nitrogens is 2. The summed E-state index contributed by atoms with van der Waals surface area (Å²) >= 11 is 5.76. The molecule has 1 aliphatic heterocycles. The van der Waals surface area contributed by atoms with E-state index in [2.05, 4.69) is 9.97 Å². The lowest BCUT2D eigenvalue weighted by Crippen LogP contribution is -2.44. The molecule has 2 aromatic rings. The van der Waals surface area contributed by atoms with Crippen LogP contribution in [-0.2, 0) is 4.79 Å². The van der Waals surface area contributed by atoms with Gasteiger partial charge in [-0.3, -0.25) is 9.59 Å². The molecule has 0 saturated carbocycles. The Kier molecular flexibility index (Phi) is 6.17. The molecule has 1 fully saturated rings. The Morgan fingerprint density at radius 2 is 1.88 bits per heavy atom. The first kappa shape index (κ1) is 18.3. The van der Waals surface area contributed by atoms with Gasteiger partial charge in [0, 0.05) is 24.9 Å². The molecule has 1 aromatic carbocycles. The van der Waals surface area contributed by atoms with E-state index < -0.39 is 0 Å². The maximum absolute atomic E-state index is 12.4. The largest absolute Gasteiger partial charge is 0.458 e. The van der Waals surface area contributed by atoms with Gasteiger partial charge in [-0.25, -0.2) is 9.97 Å². The van der Waals surface area contributed by atoms with Gasteiger partial charge in [-0.05, 0) is 12.8 Å². The first-order chi connectivity index (χ1) is 12.6. The van der Waals surface area contributed by atoms with Gasteiger partial charge in [0.25, 0.3) is 0 Å². The molecule has 1 atom stereocenters. The van der Waals surface area contributed by atoms with Crippen LogP contribution in [-0.4, -0.2) is 45.8 Å². The molecule has 0 radical (unpaired) electrons. The summed E-state index contributed by atoms with van der Waals surface area (Å²) in [6, 6.07) is 9.29. The maximum atomic E-state index is 12.4. The van der Waals surface area contributed by atoms with E-state index in [1.807, 2.05) is 18.2 Å². The Morgan fingerprint density at radius 3 is 2.62 bits per heavy atom. The molecule has 0 aliphatic carbocycles. The number of hydrogen-bond donors (Lipinski definition) is 0. The zero-order chi connectivity index (χ0) is 18.4. The third kappa shape index (κ3) is 5.02. The van der Waals surface area contributed by atoms with E-state index in [1.165, 1.54) is 12.4 Å². The quantitative estimate of drug-likeness (QED) is 0.727. The van der Waals surface area contributed by atoms with Gasteiger partial charge < -0.3 is 9.64 Å². The first-order valence-electron chi connectivity index (χ1n) is 8.62.